The molecule has 1 aromatic rings. The van der Waals surface area contributed by atoms with Gasteiger partial charge in [-0.2, -0.15) is 0 Å². The molecule has 1 heterocycles. The Balaban J connectivity index is 2.08. The van der Waals surface area contributed by atoms with Gasteiger partial charge in [0.25, 0.3) is 5.92 Å². The molecule has 24 heavy (non-hydrogen) atoms. The zero-order chi connectivity index (χ0) is 17.9. The van der Waals surface area contributed by atoms with Gasteiger partial charge in [-0.05, 0) is 18.2 Å². The zero-order valence-corrected chi connectivity index (χ0v) is 13.8. The van der Waals surface area contributed by atoms with Gasteiger partial charge in [-0.1, -0.05) is 11.6 Å². The highest BCUT2D eigenvalue weighted by atomic mass is 35.5. The van der Waals surface area contributed by atoms with Gasteiger partial charge >= 0.3 is 0 Å². The first kappa shape index (κ1) is 18.4. The lowest BCUT2D eigenvalue weighted by molar-refractivity contribution is -0.127. The number of alkyl halides is 2. The molecule has 132 valence electrons. The van der Waals surface area contributed by atoms with Crippen molar-refractivity contribution < 1.29 is 23.1 Å². The van der Waals surface area contributed by atoms with E-state index in [1.54, 1.807) is 18.2 Å². The van der Waals surface area contributed by atoms with Gasteiger partial charge in [-0.25, -0.2) is 8.78 Å². The predicted molar refractivity (Wildman–Crippen MR) is 85.5 cm³/mol. The van der Waals surface area contributed by atoms with Crippen LogP contribution < -0.4 is 20.7 Å². The van der Waals surface area contributed by atoms with Crippen LogP contribution in [0.3, 0.4) is 0 Å². The van der Waals surface area contributed by atoms with Crippen molar-refractivity contribution in [2.45, 2.75) is 12.3 Å². The molecule has 1 unspecified atom stereocenters. The summed E-state index contributed by atoms with van der Waals surface area (Å²) in [6.07, 6.45) is -0.0737. The molecule has 9 heteroatoms. The first-order chi connectivity index (χ1) is 11.3. The number of ether oxygens (including phenoxy) is 1. The number of halogens is 3. The Morgan fingerprint density at radius 2 is 2.25 bits per heavy atom. The van der Waals surface area contributed by atoms with Crippen molar-refractivity contribution >= 4 is 29.1 Å². The molecule has 0 bridgehead atoms. The van der Waals surface area contributed by atoms with Crippen LogP contribution >= 0.6 is 11.6 Å². The Labute approximate surface area is 142 Å². The van der Waals surface area contributed by atoms with Crippen molar-refractivity contribution in [2.24, 2.45) is 11.7 Å². The quantitative estimate of drug-likeness (QED) is 0.802. The van der Waals surface area contributed by atoms with E-state index in [9.17, 15) is 18.4 Å². The molecule has 0 radical (unpaired) electrons. The van der Waals surface area contributed by atoms with E-state index < -0.39 is 30.8 Å². The molecule has 0 spiro atoms. The number of anilines is 1. The number of nitrogens with zero attached hydrogens (tertiary/aromatic N) is 1. The average molecular weight is 362 g/mol. The molecule has 0 aromatic heterocycles. The van der Waals surface area contributed by atoms with E-state index in [0.29, 0.717) is 16.5 Å². The van der Waals surface area contributed by atoms with Crippen LogP contribution in [0.2, 0.25) is 5.02 Å². The summed E-state index contributed by atoms with van der Waals surface area (Å²) in [5, 5.41) is 2.55. The highest BCUT2D eigenvalue weighted by molar-refractivity contribution is 6.31. The maximum atomic E-state index is 13.1. The molecule has 1 aliphatic rings. The van der Waals surface area contributed by atoms with E-state index in [1.807, 2.05) is 0 Å². The highest BCUT2D eigenvalue weighted by Crippen LogP contribution is 2.35. The number of carbonyl (C=O) groups is 2. The molecule has 1 fully saturated rings. The molecule has 6 nitrogen and oxygen atoms in total. The summed E-state index contributed by atoms with van der Waals surface area (Å²) >= 11 is 5.95. The lowest BCUT2D eigenvalue weighted by Crippen LogP contribution is -2.44. The van der Waals surface area contributed by atoms with Gasteiger partial charge < -0.3 is 20.7 Å². The minimum Gasteiger partial charge on any atom is -0.495 e. The van der Waals surface area contributed by atoms with Crippen molar-refractivity contribution in [3.63, 3.8) is 0 Å². The van der Waals surface area contributed by atoms with Crippen molar-refractivity contribution in [3.8, 4) is 5.75 Å². The summed E-state index contributed by atoms with van der Waals surface area (Å²) in [5.41, 5.74) is 5.36. The summed E-state index contributed by atoms with van der Waals surface area (Å²) < 4.78 is 31.4. The van der Waals surface area contributed by atoms with E-state index in [4.69, 9.17) is 22.1 Å². The van der Waals surface area contributed by atoms with Crippen LogP contribution in [-0.4, -0.2) is 44.5 Å². The number of nitrogens with one attached hydrogen (secondary N) is 1. The minimum absolute atomic E-state index is 0.0650. The van der Waals surface area contributed by atoms with Gasteiger partial charge in [-0.3, -0.25) is 9.59 Å². The van der Waals surface area contributed by atoms with E-state index in [2.05, 4.69) is 5.32 Å². The molecule has 2 rings (SSSR count). The number of nitrogens with two attached hydrogens (primary N) is 1. The summed E-state index contributed by atoms with van der Waals surface area (Å²) in [6, 6.07) is 4.78. The predicted octanol–water partition coefficient (Wildman–Crippen LogP) is 1.41. The first-order valence-electron chi connectivity index (χ1n) is 7.27. The summed E-state index contributed by atoms with van der Waals surface area (Å²) in [4.78, 5) is 25.6. The maximum absolute atomic E-state index is 13.1. The molecule has 3 N–H and O–H groups in total. The highest BCUT2D eigenvalue weighted by Gasteiger charge is 2.37. The largest absolute Gasteiger partial charge is 0.495 e. The SMILES string of the molecule is COc1ccc(Cl)cc1N1CC(C(=O)NCC(F)(F)CN)CC1=O. The molecule has 1 aliphatic heterocycles. The fraction of sp³-hybridized carbons (Fsp3) is 0.467. The average Bonchev–Trinajstić information content (AvgIpc) is 2.94. The van der Waals surface area contributed by atoms with Gasteiger partial charge in [0.05, 0.1) is 31.8 Å². The molecule has 1 atom stereocenters. The fourth-order valence-electron chi connectivity index (χ4n) is 2.42. The Bertz CT molecular complexity index is 642. The van der Waals surface area contributed by atoms with Gasteiger partial charge in [0.1, 0.15) is 5.75 Å². The summed E-state index contributed by atoms with van der Waals surface area (Å²) in [7, 11) is 1.45. The number of carbonyl (C=O) groups excluding carboxylic acids is 2. The van der Waals surface area contributed by atoms with E-state index in [0.717, 1.165) is 0 Å². The Morgan fingerprint density at radius 1 is 1.54 bits per heavy atom. The minimum atomic E-state index is -3.17. The normalized spacial score (nSPS) is 18.0. The van der Waals surface area contributed by atoms with Crippen molar-refractivity contribution in [1.82, 2.24) is 5.32 Å². The molecule has 1 aromatic carbocycles. The van der Waals surface area contributed by atoms with Gasteiger partial charge in [0.2, 0.25) is 11.8 Å². The summed E-state index contributed by atoms with van der Waals surface area (Å²) in [6.45, 7) is -1.65. The number of hydrogen-bond acceptors (Lipinski definition) is 4. The molecule has 0 aliphatic carbocycles. The molecule has 2 amide bonds. The Kier molecular flexibility index (Phi) is 5.61. The molecule has 0 saturated carbocycles. The topological polar surface area (TPSA) is 84.7 Å². The number of amides is 2. The lowest BCUT2D eigenvalue weighted by Gasteiger charge is -2.20. The van der Waals surface area contributed by atoms with E-state index in [1.165, 1.54) is 12.0 Å². The van der Waals surface area contributed by atoms with E-state index >= 15 is 0 Å². The van der Waals surface area contributed by atoms with Crippen molar-refractivity contribution in [1.29, 1.82) is 0 Å². The maximum Gasteiger partial charge on any atom is 0.277 e. The Hall–Kier alpha value is -1.93. The summed E-state index contributed by atoms with van der Waals surface area (Å²) in [5.74, 6) is -4.38. The van der Waals surface area contributed by atoms with Crippen LogP contribution in [0.25, 0.3) is 0 Å². The monoisotopic (exact) mass is 361 g/mol. The Morgan fingerprint density at radius 3 is 2.88 bits per heavy atom. The number of benzene rings is 1. The molecular weight excluding hydrogens is 344 g/mol. The van der Waals surface area contributed by atoms with Crippen LogP contribution in [0.15, 0.2) is 18.2 Å². The first-order valence-corrected chi connectivity index (χ1v) is 7.64. The lowest BCUT2D eigenvalue weighted by atomic mass is 10.1. The van der Waals surface area contributed by atoms with Crippen LogP contribution in [-0.2, 0) is 9.59 Å². The van der Waals surface area contributed by atoms with Crippen molar-refractivity contribution in [2.75, 3.05) is 31.6 Å². The third kappa shape index (κ3) is 4.12. The van der Waals surface area contributed by atoms with Crippen LogP contribution in [0.5, 0.6) is 5.75 Å². The van der Waals surface area contributed by atoms with Gasteiger partial charge in [0.15, 0.2) is 0 Å². The number of methoxy groups -OCH3 is 1. The third-order valence-corrected chi connectivity index (χ3v) is 3.98. The van der Waals surface area contributed by atoms with Crippen LogP contribution in [0.4, 0.5) is 14.5 Å². The standard InChI is InChI=1S/C15H18ClF2N3O3/c1-24-12-3-2-10(16)5-11(12)21-6-9(4-13(21)22)14(23)20-8-15(17,18)7-19/h2-3,5,9H,4,6-8,19H2,1H3,(H,20,23). The third-order valence-electron chi connectivity index (χ3n) is 3.75. The smallest absolute Gasteiger partial charge is 0.277 e. The second-order valence-electron chi connectivity index (χ2n) is 5.50. The van der Waals surface area contributed by atoms with E-state index in [-0.39, 0.29) is 18.9 Å². The second-order valence-corrected chi connectivity index (χ2v) is 5.94. The van der Waals surface area contributed by atoms with Crippen molar-refractivity contribution in [3.05, 3.63) is 23.2 Å². The number of rotatable bonds is 6. The molecular formula is C15H18ClF2N3O3. The number of hydrogen-bond donors (Lipinski definition) is 2. The second kappa shape index (κ2) is 7.31. The van der Waals surface area contributed by atoms with Gasteiger partial charge in [0, 0.05) is 18.0 Å². The molecule has 1 saturated heterocycles. The van der Waals surface area contributed by atoms with Crippen LogP contribution in [0, 0.1) is 5.92 Å². The van der Waals surface area contributed by atoms with Gasteiger partial charge in [-0.15, -0.1) is 0 Å². The zero-order valence-electron chi connectivity index (χ0n) is 13.0. The fourth-order valence-corrected chi connectivity index (χ4v) is 2.59. The van der Waals surface area contributed by atoms with Crippen LogP contribution in [0.1, 0.15) is 6.42 Å².